The number of nitrogens with one attached hydrogen (secondary N) is 1. The summed E-state index contributed by atoms with van der Waals surface area (Å²) in [6, 6.07) is 15.4. The molecule has 3 aromatic heterocycles. The largest absolute Gasteiger partial charge is 0.335 e. The molecule has 0 aliphatic carbocycles. The van der Waals surface area contributed by atoms with E-state index < -0.39 is 0 Å². The number of nitrogens with zero attached hydrogens (tertiary/aromatic N) is 3. The van der Waals surface area contributed by atoms with Crippen LogP contribution >= 0.6 is 34.3 Å². The monoisotopic (exact) mass is 510 g/mol. The van der Waals surface area contributed by atoms with E-state index in [1.54, 1.807) is 4.57 Å². The highest BCUT2D eigenvalue weighted by molar-refractivity contribution is 7.17. The second-order valence-electron chi connectivity index (χ2n) is 7.80. The van der Waals surface area contributed by atoms with E-state index in [1.165, 1.54) is 22.7 Å². The van der Waals surface area contributed by atoms with Gasteiger partial charge in [-0.3, -0.25) is 14.2 Å². The van der Waals surface area contributed by atoms with Gasteiger partial charge in [-0.25, -0.2) is 0 Å². The molecule has 0 radical (unpaired) electrons. The molecule has 0 unspecified atom stereocenters. The minimum absolute atomic E-state index is 0.0154. The quantitative estimate of drug-likeness (QED) is 0.432. The molecule has 1 aliphatic heterocycles. The third kappa shape index (κ3) is 5.08. The van der Waals surface area contributed by atoms with Crippen LogP contribution in [0.4, 0.5) is 0 Å². The van der Waals surface area contributed by atoms with E-state index in [0.29, 0.717) is 6.54 Å². The van der Waals surface area contributed by atoms with Crippen molar-refractivity contribution < 1.29 is 4.79 Å². The van der Waals surface area contributed by atoms with Crippen LogP contribution in [0.1, 0.15) is 26.4 Å². The van der Waals surface area contributed by atoms with Gasteiger partial charge in [0.1, 0.15) is 16.5 Å². The van der Waals surface area contributed by atoms with Gasteiger partial charge in [-0.1, -0.05) is 48.0 Å². The molecule has 6 nitrogen and oxygen atoms in total. The average molecular weight is 511 g/mol. The van der Waals surface area contributed by atoms with Crippen molar-refractivity contribution in [2.24, 2.45) is 0 Å². The zero-order chi connectivity index (χ0) is 24.1. The maximum absolute atomic E-state index is 12.5. The molecular weight excluding hydrogens is 488 g/mol. The first-order chi connectivity index (χ1) is 16.5. The first-order valence-electron chi connectivity index (χ1n) is 10.8. The average Bonchev–Trinajstić information content (AvgIpc) is 3.54. The summed E-state index contributed by atoms with van der Waals surface area (Å²) in [5.74, 6) is 0.177. The first-order valence-corrected chi connectivity index (χ1v) is 12.9. The fraction of sp³-hybridized carbons (Fsp3) is 0.240. The van der Waals surface area contributed by atoms with Gasteiger partial charge in [-0.2, -0.15) is 5.26 Å². The topological polar surface area (TPSA) is 78.1 Å². The van der Waals surface area contributed by atoms with Gasteiger partial charge < -0.3 is 10.2 Å². The predicted molar refractivity (Wildman–Crippen MR) is 139 cm³/mol. The second-order valence-corrected chi connectivity index (χ2v) is 9.98. The van der Waals surface area contributed by atoms with Gasteiger partial charge in [-0.05, 0) is 34.9 Å². The molecule has 0 saturated carbocycles. The fourth-order valence-corrected chi connectivity index (χ4v) is 5.94. The number of carbonyl (C=O) groups is 1. The van der Waals surface area contributed by atoms with E-state index >= 15 is 0 Å². The molecule has 1 amide bonds. The maximum atomic E-state index is 12.5. The van der Waals surface area contributed by atoms with Crippen LogP contribution in [0.15, 0.2) is 58.0 Å². The van der Waals surface area contributed by atoms with Gasteiger partial charge in [0, 0.05) is 31.6 Å². The minimum atomic E-state index is -0.333. The van der Waals surface area contributed by atoms with Crippen molar-refractivity contribution in [1.29, 1.82) is 5.26 Å². The number of benzene rings is 1. The lowest BCUT2D eigenvalue weighted by Gasteiger charge is -2.26. The third-order valence-corrected chi connectivity index (χ3v) is 7.89. The molecule has 9 heteroatoms. The van der Waals surface area contributed by atoms with Crippen LogP contribution in [0.25, 0.3) is 10.2 Å². The highest BCUT2D eigenvalue weighted by Gasteiger charge is 2.19. The van der Waals surface area contributed by atoms with Gasteiger partial charge in [0.2, 0.25) is 0 Å². The second kappa shape index (κ2) is 11.0. The fourth-order valence-electron chi connectivity index (χ4n) is 3.77. The van der Waals surface area contributed by atoms with E-state index in [9.17, 15) is 14.9 Å². The molecule has 1 saturated heterocycles. The smallest absolute Gasteiger partial charge is 0.271 e. The van der Waals surface area contributed by atoms with Gasteiger partial charge in [-0.15, -0.1) is 22.7 Å². The Kier molecular flexibility index (Phi) is 7.80. The summed E-state index contributed by atoms with van der Waals surface area (Å²) in [7, 11) is 0. The zero-order valence-electron chi connectivity index (χ0n) is 18.6. The molecule has 4 heterocycles. The summed E-state index contributed by atoms with van der Waals surface area (Å²) in [5, 5.41) is 17.4. The van der Waals surface area contributed by atoms with E-state index in [4.69, 9.17) is 11.6 Å². The van der Waals surface area contributed by atoms with Crippen LogP contribution in [0.5, 0.6) is 0 Å². The van der Waals surface area contributed by atoms with Crippen LogP contribution in [-0.4, -0.2) is 41.6 Å². The van der Waals surface area contributed by atoms with Gasteiger partial charge in [0.15, 0.2) is 0 Å². The zero-order valence-corrected chi connectivity index (χ0v) is 21.0. The number of hydrogen-bond donors (Lipinski definition) is 1. The number of thiophene rings is 2. The number of aromatic nitrogens is 1. The number of carbonyl (C=O) groups excluding carboxylic acids is 1. The Labute approximate surface area is 210 Å². The number of pyridine rings is 1. The summed E-state index contributed by atoms with van der Waals surface area (Å²) in [6.45, 7) is 5.85. The molecule has 0 bridgehead atoms. The molecule has 1 N–H and O–H groups in total. The number of aryl methyl sites for hydroxylation is 1. The Morgan fingerprint density at radius 2 is 1.88 bits per heavy atom. The predicted octanol–water partition coefficient (Wildman–Crippen LogP) is 4.74. The highest BCUT2D eigenvalue weighted by Crippen LogP contribution is 2.32. The SMILES string of the molecule is Cc1csc2c1c(Cl)c(C#N)c(=O)n2Cc1ccccc1.O=C(c1cccs1)N1CCNCC1. The summed E-state index contributed by atoms with van der Waals surface area (Å²) < 4.78 is 1.63. The van der Waals surface area contributed by atoms with Gasteiger partial charge in [0.25, 0.3) is 11.5 Å². The number of amides is 1. The lowest BCUT2D eigenvalue weighted by Crippen LogP contribution is -2.46. The van der Waals surface area contributed by atoms with E-state index in [0.717, 1.165) is 52.4 Å². The maximum Gasteiger partial charge on any atom is 0.271 e. The Bertz CT molecular complexity index is 1380. The summed E-state index contributed by atoms with van der Waals surface area (Å²) in [5.41, 5.74) is 1.68. The molecule has 4 aromatic rings. The van der Waals surface area contributed by atoms with Crippen LogP contribution in [0.3, 0.4) is 0 Å². The third-order valence-electron chi connectivity index (χ3n) is 5.53. The summed E-state index contributed by atoms with van der Waals surface area (Å²) >= 11 is 9.23. The van der Waals surface area contributed by atoms with Crippen molar-refractivity contribution in [3.05, 3.63) is 90.2 Å². The lowest BCUT2D eigenvalue weighted by molar-refractivity contribution is 0.0740. The van der Waals surface area contributed by atoms with Gasteiger partial charge >= 0.3 is 0 Å². The van der Waals surface area contributed by atoms with Crippen molar-refractivity contribution in [2.75, 3.05) is 26.2 Å². The highest BCUT2D eigenvalue weighted by atomic mass is 35.5. The van der Waals surface area contributed by atoms with E-state index in [1.807, 2.05) is 71.1 Å². The van der Waals surface area contributed by atoms with E-state index in [2.05, 4.69) is 5.32 Å². The number of hydrogen-bond acceptors (Lipinski definition) is 6. The lowest BCUT2D eigenvalue weighted by atomic mass is 10.1. The molecule has 1 aromatic carbocycles. The number of piperazine rings is 1. The van der Waals surface area contributed by atoms with Crippen molar-refractivity contribution in [2.45, 2.75) is 13.5 Å². The standard InChI is InChI=1S/C16H11ClN2OS.C9H12N2OS/c1-10-9-21-16-13(10)14(17)12(7-18)15(20)19(16)8-11-5-3-2-4-6-11;12-9(8-2-1-7-13-8)11-5-3-10-4-6-11/h2-6,9H,8H2,1H3;1-2,7,10H,3-6H2. The van der Waals surface area contributed by atoms with E-state index in [-0.39, 0.29) is 22.1 Å². The molecule has 0 atom stereocenters. The Hall–Kier alpha value is -2.96. The van der Waals surface area contributed by atoms with Gasteiger partial charge in [0.05, 0.1) is 16.4 Å². The van der Waals surface area contributed by atoms with Crippen LogP contribution in [-0.2, 0) is 6.54 Å². The Morgan fingerprint density at radius 3 is 2.53 bits per heavy atom. The summed E-state index contributed by atoms with van der Waals surface area (Å²) in [4.78, 5) is 27.8. The van der Waals surface area contributed by atoms with Crippen LogP contribution in [0.2, 0.25) is 5.02 Å². The molecular formula is C25H23ClN4O2S2. The number of rotatable bonds is 3. The first kappa shape index (κ1) is 24.2. The number of nitriles is 1. The van der Waals surface area contributed by atoms with Crippen molar-refractivity contribution in [3.8, 4) is 6.07 Å². The molecule has 34 heavy (non-hydrogen) atoms. The number of fused-ring (bicyclic) bond motifs is 1. The van der Waals surface area contributed by atoms with Crippen LogP contribution in [0, 0.1) is 18.3 Å². The molecule has 174 valence electrons. The van der Waals surface area contributed by atoms with Crippen molar-refractivity contribution in [1.82, 2.24) is 14.8 Å². The summed E-state index contributed by atoms with van der Waals surface area (Å²) in [6.07, 6.45) is 0. The van der Waals surface area contributed by atoms with Crippen molar-refractivity contribution in [3.63, 3.8) is 0 Å². The molecule has 1 aliphatic rings. The molecule has 1 fully saturated rings. The normalized spacial score (nSPS) is 13.3. The molecule has 0 spiro atoms. The minimum Gasteiger partial charge on any atom is -0.335 e. The molecule has 5 rings (SSSR count). The Balaban J connectivity index is 0.000000180. The number of halogens is 1. The van der Waals surface area contributed by atoms with Crippen molar-refractivity contribution >= 4 is 50.4 Å². The van der Waals surface area contributed by atoms with Crippen LogP contribution < -0.4 is 10.9 Å². The Morgan fingerprint density at radius 1 is 1.15 bits per heavy atom.